The van der Waals surface area contributed by atoms with Crippen molar-refractivity contribution in [2.75, 3.05) is 6.61 Å². The highest BCUT2D eigenvalue weighted by molar-refractivity contribution is 6.30. The number of hydrogen-bond donors (Lipinski definition) is 1. The topological polar surface area (TPSA) is 77.2 Å². The van der Waals surface area contributed by atoms with Crippen LogP contribution in [-0.4, -0.2) is 22.7 Å². The van der Waals surface area contributed by atoms with Crippen LogP contribution in [0.1, 0.15) is 25.2 Å². The quantitative estimate of drug-likeness (QED) is 0.907. The number of nitrogens with zero attached hydrogens (tertiary/aromatic N) is 2. The summed E-state index contributed by atoms with van der Waals surface area (Å²) in [5, 5.41) is 10.3. The van der Waals surface area contributed by atoms with E-state index in [9.17, 15) is 9.18 Å². The van der Waals surface area contributed by atoms with Gasteiger partial charge in [-0.3, -0.25) is 4.79 Å². The van der Waals surface area contributed by atoms with Gasteiger partial charge >= 0.3 is 0 Å². The number of carbonyl (C=O) groups excluding carboxylic acids is 1. The summed E-state index contributed by atoms with van der Waals surface area (Å²) in [6.07, 6.45) is 1.90. The minimum Gasteiger partial charge on any atom is -0.484 e. The molecule has 1 heterocycles. The van der Waals surface area contributed by atoms with Crippen molar-refractivity contribution in [2.24, 2.45) is 0 Å². The molecule has 0 saturated carbocycles. The summed E-state index contributed by atoms with van der Waals surface area (Å²) >= 11 is 5.58. The molecule has 1 aliphatic carbocycles. The monoisotopic (exact) mass is 337 g/mol. The molecule has 1 N–H and O–H groups in total. The summed E-state index contributed by atoms with van der Waals surface area (Å²) in [6.45, 7) is 1.67. The van der Waals surface area contributed by atoms with Gasteiger partial charge in [0.05, 0.1) is 10.9 Å². The molecule has 2 aromatic rings. The number of nitrogens with one attached hydrogen (secondary N) is 1. The summed E-state index contributed by atoms with van der Waals surface area (Å²) in [7, 11) is 0. The van der Waals surface area contributed by atoms with E-state index in [-0.39, 0.29) is 29.2 Å². The molecule has 0 aliphatic heterocycles. The van der Waals surface area contributed by atoms with E-state index < -0.39 is 5.82 Å². The Bertz CT molecular complexity index is 761. The van der Waals surface area contributed by atoms with Crippen molar-refractivity contribution in [1.29, 1.82) is 0 Å². The predicted molar refractivity (Wildman–Crippen MR) is 79.4 cm³/mol. The van der Waals surface area contributed by atoms with Crippen LogP contribution in [0, 0.1) is 5.82 Å². The number of allylic oxidation sites excluding steroid dienone is 2. The molecule has 1 unspecified atom stereocenters. The molecule has 0 radical (unpaired) electrons. The maximum Gasteiger partial charge on any atom is 0.262 e. The van der Waals surface area contributed by atoms with E-state index in [2.05, 4.69) is 15.5 Å². The number of ether oxygens (including phenoxy) is 1. The molecule has 1 aromatic heterocycles. The molecule has 0 saturated heterocycles. The highest BCUT2D eigenvalue weighted by Gasteiger charge is 2.32. The van der Waals surface area contributed by atoms with Crippen LogP contribution in [0.15, 0.2) is 40.3 Å². The average molecular weight is 338 g/mol. The molecule has 6 nitrogen and oxygen atoms in total. The summed E-state index contributed by atoms with van der Waals surface area (Å²) in [5.41, 5.74) is 1.78. The van der Waals surface area contributed by atoms with E-state index in [0.717, 1.165) is 17.3 Å². The number of rotatable bonds is 5. The molecule has 1 atom stereocenters. The van der Waals surface area contributed by atoms with Gasteiger partial charge in [0.15, 0.2) is 6.61 Å². The lowest BCUT2D eigenvalue weighted by atomic mass is 9.82. The second-order valence-electron chi connectivity index (χ2n) is 5.11. The third kappa shape index (κ3) is 3.34. The number of amides is 1. The fourth-order valence-corrected chi connectivity index (χ4v) is 2.39. The number of aromatic nitrogens is 2. The predicted octanol–water partition coefficient (Wildman–Crippen LogP) is 2.82. The molecular weight excluding hydrogens is 325 g/mol. The SMILES string of the molecule is CC1=C(NC(=O)COc2ccc(Cl)c(F)c2)CC1c1nnco1. The molecule has 1 aromatic carbocycles. The van der Waals surface area contributed by atoms with E-state index in [0.29, 0.717) is 12.3 Å². The Labute approximate surface area is 136 Å². The van der Waals surface area contributed by atoms with Crippen LogP contribution in [0.2, 0.25) is 5.02 Å². The van der Waals surface area contributed by atoms with E-state index >= 15 is 0 Å². The Hall–Kier alpha value is -2.41. The highest BCUT2D eigenvalue weighted by atomic mass is 35.5. The van der Waals surface area contributed by atoms with Gasteiger partial charge < -0.3 is 14.5 Å². The van der Waals surface area contributed by atoms with Gasteiger partial charge in [-0.2, -0.15) is 0 Å². The number of halogens is 2. The van der Waals surface area contributed by atoms with Crippen LogP contribution in [-0.2, 0) is 4.79 Å². The standard InChI is InChI=1S/C15H13ClFN3O3/c1-8-10(15-20-18-7-23-15)5-13(8)19-14(21)6-22-9-2-3-11(16)12(17)4-9/h2-4,7,10H,5-6H2,1H3,(H,19,21). The van der Waals surface area contributed by atoms with Gasteiger partial charge in [-0.25, -0.2) is 4.39 Å². The molecule has 0 bridgehead atoms. The molecule has 120 valence electrons. The van der Waals surface area contributed by atoms with E-state index in [1.54, 1.807) is 0 Å². The number of hydrogen-bond acceptors (Lipinski definition) is 5. The Balaban J connectivity index is 1.53. The Morgan fingerprint density at radius 1 is 1.57 bits per heavy atom. The van der Waals surface area contributed by atoms with Gasteiger partial charge in [-0.05, 0) is 24.6 Å². The van der Waals surface area contributed by atoms with Gasteiger partial charge in [-0.15, -0.1) is 10.2 Å². The van der Waals surface area contributed by atoms with Crippen molar-refractivity contribution in [3.8, 4) is 5.75 Å². The van der Waals surface area contributed by atoms with Gasteiger partial charge in [-0.1, -0.05) is 11.6 Å². The zero-order valence-corrected chi connectivity index (χ0v) is 12.9. The summed E-state index contributed by atoms with van der Waals surface area (Å²) in [4.78, 5) is 11.9. The smallest absolute Gasteiger partial charge is 0.262 e. The van der Waals surface area contributed by atoms with Crippen LogP contribution < -0.4 is 10.1 Å². The molecular formula is C15H13ClFN3O3. The Morgan fingerprint density at radius 3 is 3.04 bits per heavy atom. The number of benzene rings is 1. The summed E-state index contributed by atoms with van der Waals surface area (Å²) in [6, 6.07) is 4.00. The maximum absolute atomic E-state index is 13.3. The molecule has 3 rings (SSSR count). The van der Waals surface area contributed by atoms with Crippen LogP contribution in [0.4, 0.5) is 4.39 Å². The lowest BCUT2D eigenvalue weighted by molar-refractivity contribution is -0.122. The lowest BCUT2D eigenvalue weighted by Crippen LogP contribution is -2.34. The Kier molecular flexibility index (Phi) is 4.29. The molecule has 1 aliphatic rings. The first kappa shape index (κ1) is 15.5. The van der Waals surface area contributed by atoms with Crippen LogP contribution in [0.3, 0.4) is 0 Å². The summed E-state index contributed by atoms with van der Waals surface area (Å²) < 4.78 is 23.6. The van der Waals surface area contributed by atoms with Crippen LogP contribution >= 0.6 is 11.6 Å². The second kappa shape index (κ2) is 6.37. The van der Waals surface area contributed by atoms with Crippen molar-refractivity contribution in [3.63, 3.8) is 0 Å². The highest BCUT2D eigenvalue weighted by Crippen LogP contribution is 2.39. The lowest BCUT2D eigenvalue weighted by Gasteiger charge is -2.29. The first-order valence-corrected chi connectivity index (χ1v) is 7.26. The van der Waals surface area contributed by atoms with Gasteiger partial charge in [0.25, 0.3) is 5.91 Å². The fourth-order valence-electron chi connectivity index (χ4n) is 2.27. The third-order valence-corrected chi connectivity index (χ3v) is 3.94. The average Bonchev–Trinajstić information content (AvgIpc) is 3.05. The molecule has 0 spiro atoms. The third-order valence-electron chi connectivity index (χ3n) is 3.63. The van der Waals surface area contributed by atoms with Crippen molar-refractivity contribution >= 4 is 17.5 Å². The van der Waals surface area contributed by atoms with E-state index in [1.807, 2.05) is 6.92 Å². The first-order chi connectivity index (χ1) is 11.0. The van der Waals surface area contributed by atoms with Crippen molar-refractivity contribution in [1.82, 2.24) is 15.5 Å². The second-order valence-corrected chi connectivity index (χ2v) is 5.52. The van der Waals surface area contributed by atoms with E-state index in [1.165, 1.54) is 18.5 Å². The molecule has 0 fully saturated rings. The van der Waals surface area contributed by atoms with Gasteiger partial charge in [0.1, 0.15) is 11.6 Å². The van der Waals surface area contributed by atoms with Crippen molar-refractivity contribution in [3.05, 3.63) is 52.6 Å². The molecule has 1 amide bonds. The molecule has 8 heteroatoms. The van der Waals surface area contributed by atoms with Crippen molar-refractivity contribution < 1.29 is 18.3 Å². The van der Waals surface area contributed by atoms with Crippen LogP contribution in [0.5, 0.6) is 5.75 Å². The molecule has 23 heavy (non-hydrogen) atoms. The number of carbonyl (C=O) groups is 1. The zero-order chi connectivity index (χ0) is 16.4. The maximum atomic E-state index is 13.3. The van der Waals surface area contributed by atoms with Gasteiger partial charge in [0.2, 0.25) is 12.3 Å². The minimum absolute atomic E-state index is 0.00381. The normalized spacial score (nSPS) is 16.9. The van der Waals surface area contributed by atoms with Crippen LogP contribution in [0.25, 0.3) is 0 Å². The van der Waals surface area contributed by atoms with E-state index in [4.69, 9.17) is 20.8 Å². The summed E-state index contributed by atoms with van der Waals surface area (Å²) in [5.74, 6) is -0.0965. The van der Waals surface area contributed by atoms with Crippen molar-refractivity contribution in [2.45, 2.75) is 19.3 Å². The largest absolute Gasteiger partial charge is 0.484 e. The van der Waals surface area contributed by atoms with Gasteiger partial charge in [0, 0.05) is 18.2 Å². The Morgan fingerprint density at radius 2 is 2.39 bits per heavy atom. The minimum atomic E-state index is -0.593. The zero-order valence-electron chi connectivity index (χ0n) is 12.2. The first-order valence-electron chi connectivity index (χ1n) is 6.88. The fraction of sp³-hybridized carbons (Fsp3) is 0.267.